The van der Waals surface area contributed by atoms with Crippen LogP contribution >= 0.6 is 0 Å². The maximum atomic E-state index is 11.4. The summed E-state index contributed by atoms with van der Waals surface area (Å²) in [5.74, 6) is 0.466. The Bertz CT molecular complexity index is 693. The molecule has 0 unspecified atom stereocenters. The molecule has 1 aromatic rings. The summed E-state index contributed by atoms with van der Waals surface area (Å²) in [5, 5.41) is 0. The van der Waals surface area contributed by atoms with Crippen LogP contribution in [0.4, 0.5) is 0 Å². The number of carbonyl (C=O) groups excluding carboxylic acids is 2. The minimum absolute atomic E-state index is 0.175. The van der Waals surface area contributed by atoms with Crippen molar-refractivity contribution in [2.24, 2.45) is 0 Å². The predicted octanol–water partition coefficient (Wildman–Crippen LogP) is 6.66. The fourth-order valence-electron chi connectivity index (χ4n) is 3.18. The molecule has 0 aliphatic heterocycles. The van der Waals surface area contributed by atoms with Crippen molar-refractivity contribution in [1.29, 1.82) is 0 Å². The Kier molecular flexibility index (Phi) is 16.4. The van der Waals surface area contributed by atoms with E-state index in [4.69, 9.17) is 14.2 Å². The average molecular weight is 445 g/mol. The molecule has 0 aliphatic rings. The van der Waals surface area contributed by atoms with E-state index in [2.05, 4.69) is 12.2 Å². The first kappa shape index (κ1) is 27.5. The van der Waals surface area contributed by atoms with Crippen LogP contribution in [0, 0.1) is 0 Å². The van der Waals surface area contributed by atoms with Crippen molar-refractivity contribution >= 4 is 18.0 Å². The summed E-state index contributed by atoms with van der Waals surface area (Å²) in [7, 11) is 0. The van der Waals surface area contributed by atoms with Gasteiger partial charge in [-0.15, -0.1) is 0 Å². The van der Waals surface area contributed by atoms with Gasteiger partial charge in [-0.3, -0.25) is 9.59 Å². The van der Waals surface area contributed by atoms with E-state index in [1.807, 2.05) is 43.3 Å². The molecule has 1 aromatic carbocycles. The molecule has 0 amide bonds. The molecule has 0 aromatic heterocycles. The van der Waals surface area contributed by atoms with E-state index in [0.717, 1.165) is 30.6 Å². The molecule has 5 heteroatoms. The molecule has 0 radical (unpaired) electrons. The molecule has 0 aliphatic carbocycles. The van der Waals surface area contributed by atoms with Gasteiger partial charge in [0.1, 0.15) is 5.75 Å². The minimum Gasteiger partial charge on any atom is -0.493 e. The van der Waals surface area contributed by atoms with Crippen molar-refractivity contribution in [3.63, 3.8) is 0 Å². The van der Waals surface area contributed by atoms with Gasteiger partial charge in [0.15, 0.2) is 0 Å². The third kappa shape index (κ3) is 15.3. The van der Waals surface area contributed by atoms with Gasteiger partial charge in [0.05, 0.1) is 19.8 Å². The smallest absolute Gasteiger partial charge is 0.305 e. The minimum atomic E-state index is -0.187. The van der Waals surface area contributed by atoms with Crippen LogP contribution in [-0.4, -0.2) is 31.8 Å². The monoisotopic (exact) mass is 444 g/mol. The topological polar surface area (TPSA) is 61.8 Å². The van der Waals surface area contributed by atoms with Crippen molar-refractivity contribution in [2.45, 2.75) is 78.1 Å². The lowest BCUT2D eigenvalue weighted by atomic mass is 10.1. The number of hydrogen-bond donors (Lipinski definition) is 0. The lowest BCUT2D eigenvalue weighted by Gasteiger charge is -2.08. The largest absolute Gasteiger partial charge is 0.493 e. The summed E-state index contributed by atoms with van der Waals surface area (Å²) in [6, 6.07) is 7.92. The summed E-state index contributed by atoms with van der Waals surface area (Å²) in [5.41, 5.74) is 1.03. The Morgan fingerprint density at radius 3 is 2.31 bits per heavy atom. The summed E-state index contributed by atoms with van der Waals surface area (Å²) in [4.78, 5) is 22.0. The van der Waals surface area contributed by atoms with Crippen molar-refractivity contribution in [3.8, 4) is 5.75 Å². The third-order valence-corrected chi connectivity index (χ3v) is 4.85. The normalized spacial score (nSPS) is 11.2. The number of allylic oxidation sites excluding steroid dienone is 3. The number of hydrogen-bond acceptors (Lipinski definition) is 5. The second-order valence-corrected chi connectivity index (χ2v) is 7.69. The molecule has 32 heavy (non-hydrogen) atoms. The molecule has 0 fully saturated rings. The van der Waals surface area contributed by atoms with E-state index in [-0.39, 0.29) is 11.9 Å². The number of carbonyl (C=O) groups is 2. The SMILES string of the molecule is CCOC(=O)CCCOc1ccccc1C=CC=CCCCCCCCCCOC(C)=O. The van der Waals surface area contributed by atoms with Gasteiger partial charge in [0.2, 0.25) is 0 Å². The highest BCUT2D eigenvalue weighted by Gasteiger charge is 2.03. The van der Waals surface area contributed by atoms with Crippen molar-refractivity contribution in [2.75, 3.05) is 19.8 Å². The highest BCUT2D eigenvalue weighted by atomic mass is 16.5. The number of benzene rings is 1. The quantitative estimate of drug-likeness (QED) is 0.144. The van der Waals surface area contributed by atoms with Crippen molar-refractivity contribution in [3.05, 3.63) is 48.1 Å². The molecular weight excluding hydrogens is 404 g/mol. The zero-order chi connectivity index (χ0) is 23.3. The number of rotatable bonds is 18. The van der Waals surface area contributed by atoms with E-state index in [9.17, 15) is 9.59 Å². The fraction of sp³-hybridized carbons (Fsp3) is 0.556. The van der Waals surface area contributed by atoms with Crippen LogP contribution in [0.3, 0.4) is 0 Å². The van der Waals surface area contributed by atoms with Gasteiger partial charge >= 0.3 is 11.9 Å². The zero-order valence-corrected chi connectivity index (χ0v) is 19.9. The Balaban J connectivity index is 2.13. The van der Waals surface area contributed by atoms with E-state index < -0.39 is 0 Å². The third-order valence-electron chi connectivity index (χ3n) is 4.85. The first-order valence-electron chi connectivity index (χ1n) is 12.0. The van der Waals surface area contributed by atoms with Crippen molar-refractivity contribution < 1.29 is 23.8 Å². The van der Waals surface area contributed by atoms with Crippen LogP contribution in [0.1, 0.15) is 83.6 Å². The predicted molar refractivity (Wildman–Crippen MR) is 130 cm³/mol. The van der Waals surface area contributed by atoms with Gasteiger partial charge in [-0.1, -0.05) is 74.6 Å². The fourth-order valence-corrected chi connectivity index (χ4v) is 3.18. The average Bonchev–Trinajstić information content (AvgIpc) is 2.77. The first-order chi connectivity index (χ1) is 15.6. The Morgan fingerprint density at radius 1 is 0.844 bits per heavy atom. The Hall–Kier alpha value is -2.56. The second kappa shape index (κ2) is 19.1. The molecular formula is C27H40O5. The van der Waals surface area contributed by atoms with Gasteiger partial charge in [-0.25, -0.2) is 0 Å². The summed E-state index contributed by atoms with van der Waals surface area (Å²) in [6.07, 6.45) is 18.8. The maximum absolute atomic E-state index is 11.4. The molecule has 0 spiro atoms. The highest BCUT2D eigenvalue weighted by Crippen LogP contribution is 2.20. The zero-order valence-electron chi connectivity index (χ0n) is 19.9. The van der Waals surface area contributed by atoms with E-state index >= 15 is 0 Å². The van der Waals surface area contributed by atoms with Crippen LogP contribution in [0.2, 0.25) is 0 Å². The van der Waals surface area contributed by atoms with E-state index in [1.165, 1.54) is 39.0 Å². The van der Waals surface area contributed by atoms with Gasteiger partial charge in [-0.05, 0) is 38.7 Å². The van der Waals surface area contributed by atoms with Gasteiger partial charge in [-0.2, -0.15) is 0 Å². The molecule has 0 N–H and O–H groups in total. The van der Waals surface area contributed by atoms with Crippen LogP contribution < -0.4 is 4.74 Å². The van der Waals surface area contributed by atoms with Crippen LogP contribution in [-0.2, 0) is 19.1 Å². The number of ether oxygens (including phenoxy) is 3. The maximum Gasteiger partial charge on any atom is 0.305 e. The van der Waals surface area contributed by atoms with Gasteiger partial charge < -0.3 is 14.2 Å². The Labute approximate surface area is 193 Å². The van der Waals surface area contributed by atoms with E-state index in [0.29, 0.717) is 32.7 Å². The number of para-hydroxylation sites is 1. The number of esters is 2. The van der Waals surface area contributed by atoms with Crippen molar-refractivity contribution in [1.82, 2.24) is 0 Å². The lowest BCUT2D eigenvalue weighted by molar-refractivity contribution is -0.143. The molecule has 0 heterocycles. The summed E-state index contributed by atoms with van der Waals surface area (Å²) < 4.78 is 15.7. The van der Waals surface area contributed by atoms with Crippen LogP contribution in [0.25, 0.3) is 6.08 Å². The summed E-state index contributed by atoms with van der Waals surface area (Å²) >= 11 is 0. The van der Waals surface area contributed by atoms with Crippen LogP contribution in [0.15, 0.2) is 42.5 Å². The van der Waals surface area contributed by atoms with Crippen LogP contribution in [0.5, 0.6) is 5.75 Å². The Morgan fingerprint density at radius 2 is 1.56 bits per heavy atom. The first-order valence-corrected chi connectivity index (χ1v) is 12.0. The number of unbranched alkanes of at least 4 members (excludes halogenated alkanes) is 7. The van der Waals surface area contributed by atoms with E-state index in [1.54, 1.807) is 0 Å². The molecule has 0 saturated carbocycles. The van der Waals surface area contributed by atoms with Gasteiger partial charge in [0, 0.05) is 18.9 Å². The molecule has 5 nitrogen and oxygen atoms in total. The molecule has 1 rings (SSSR count). The molecule has 0 atom stereocenters. The van der Waals surface area contributed by atoms with Gasteiger partial charge in [0.25, 0.3) is 0 Å². The standard InChI is InChI=1S/C27H40O5/c1-3-30-27(29)21-17-23-32-26-20-15-14-19-25(26)18-13-11-9-7-5-4-6-8-10-12-16-22-31-24(2)28/h9,11,13-15,18-20H,3-8,10,12,16-17,21-23H2,1-2H3. The summed E-state index contributed by atoms with van der Waals surface area (Å²) in [6.45, 7) is 4.73. The molecule has 178 valence electrons. The highest BCUT2D eigenvalue weighted by molar-refractivity contribution is 5.69. The lowest BCUT2D eigenvalue weighted by Crippen LogP contribution is -2.07. The molecule has 0 saturated heterocycles. The molecule has 0 bridgehead atoms. The second-order valence-electron chi connectivity index (χ2n) is 7.69.